The highest BCUT2D eigenvalue weighted by atomic mass is 127. The Kier molecular flexibility index (Phi) is 4.53. The maximum absolute atomic E-state index is 13.3. The van der Waals surface area contributed by atoms with E-state index in [1.165, 1.54) is 22.6 Å². The summed E-state index contributed by atoms with van der Waals surface area (Å²) in [5.41, 5.74) is -5.06. The molecule has 0 bridgehead atoms. The fourth-order valence-corrected chi connectivity index (χ4v) is 4.87. The molecule has 3 rings (SSSR count). The zero-order valence-corrected chi connectivity index (χ0v) is 15.3. The molecule has 27 heavy (non-hydrogen) atoms. The normalized spacial score (nSPS) is 13.7. The molecule has 0 aliphatic rings. The Morgan fingerprint density at radius 1 is 0.741 bits per heavy atom. The standard InChI is InChI=1S/C15H4F9IOS/c16-13(17,18)6-1-4-5-2-7(14(19,20)21)11(26)10(15(22,23)24)12(5)27-9(4)3-8(6)25/h1-3,26H. The summed E-state index contributed by atoms with van der Waals surface area (Å²) in [7, 11) is 0. The van der Waals surface area contributed by atoms with E-state index in [9.17, 15) is 44.6 Å². The molecule has 1 N–H and O–H groups in total. The van der Waals surface area contributed by atoms with Crippen molar-refractivity contribution in [3.8, 4) is 5.75 Å². The van der Waals surface area contributed by atoms with Crippen LogP contribution < -0.4 is 0 Å². The Morgan fingerprint density at radius 2 is 1.26 bits per heavy atom. The van der Waals surface area contributed by atoms with Crippen LogP contribution in [-0.4, -0.2) is 5.11 Å². The van der Waals surface area contributed by atoms with Crippen molar-refractivity contribution in [1.82, 2.24) is 0 Å². The lowest BCUT2D eigenvalue weighted by molar-refractivity contribution is -0.144. The van der Waals surface area contributed by atoms with Crippen LogP contribution in [0.1, 0.15) is 16.7 Å². The van der Waals surface area contributed by atoms with Crippen molar-refractivity contribution in [3.63, 3.8) is 0 Å². The minimum Gasteiger partial charge on any atom is -0.507 e. The van der Waals surface area contributed by atoms with Crippen LogP contribution in [0.25, 0.3) is 20.2 Å². The molecule has 1 aromatic heterocycles. The molecule has 0 unspecified atom stereocenters. The van der Waals surface area contributed by atoms with Crippen molar-refractivity contribution in [2.75, 3.05) is 0 Å². The van der Waals surface area contributed by atoms with Crippen LogP contribution in [0.5, 0.6) is 5.75 Å². The molecule has 0 radical (unpaired) electrons. The van der Waals surface area contributed by atoms with Gasteiger partial charge in [-0.15, -0.1) is 11.3 Å². The van der Waals surface area contributed by atoms with Crippen LogP contribution in [0, 0.1) is 3.57 Å². The van der Waals surface area contributed by atoms with Gasteiger partial charge in [0, 0.05) is 19.0 Å². The number of fused-ring (bicyclic) bond motifs is 3. The zero-order valence-electron chi connectivity index (χ0n) is 12.4. The number of benzene rings is 2. The topological polar surface area (TPSA) is 20.2 Å². The van der Waals surface area contributed by atoms with Crippen molar-refractivity contribution in [2.45, 2.75) is 18.5 Å². The molecule has 146 valence electrons. The van der Waals surface area contributed by atoms with Crippen molar-refractivity contribution < 1.29 is 44.6 Å². The summed E-state index contributed by atoms with van der Waals surface area (Å²) < 4.78 is 117. The van der Waals surface area contributed by atoms with E-state index in [-0.39, 0.29) is 14.3 Å². The summed E-state index contributed by atoms with van der Waals surface area (Å²) in [5, 5.41) is 8.54. The van der Waals surface area contributed by atoms with Gasteiger partial charge in [-0.05, 0) is 40.8 Å². The lowest BCUT2D eigenvalue weighted by atomic mass is 10.0. The summed E-state index contributed by atoms with van der Waals surface area (Å²) >= 11 is 1.71. The first-order valence-electron chi connectivity index (χ1n) is 6.75. The molecule has 0 saturated heterocycles. The number of phenolic OH excluding ortho intramolecular Hbond substituents is 1. The van der Waals surface area contributed by atoms with Gasteiger partial charge in [0.05, 0.1) is 15.8 Å². The van der Waals surface area contributed by atoms with E-state index >= 15 is 0 Å². The van der Waals surface area contributed by atoms with E-state index in [0.29, 0.717) is 17.4 Å². The number of phenols is 1. The second-order valence-electron chi connectivity index (χ2n) is 5.45. The smallest absolute Gasteiger partial charge is 0.421 e. The van der Waals surface area contributed by atoms with Crippen molar-refractivity contribution in [1.29, 1.82) is 0 Å². The quantitative estimate of drug-likeness (QED) is 0.237. The van der Waals surface area contributed by atoms with Gasteiger partial charge in [0.15, 0.2) is 0 Å². The number of alkyl halides is 9. The number of hydrogen-bond donors (Lipinski definition) is 1. The van der Waals surface area contributed by atoms with Gasteiger partial charge >= 0.3 is 18.5 Å². The zero-order chi connectivity index (χ0) is 20.5. The van der Waals surface area contributed by atoms with Gasteiger partial charge in [0.1, 0.15) is 11.3 Å². The second-order valence-corrected chi connectivity index (χ2v) is 7.66. The van der Waals surface area contributed by atoms with E-state index in [4.69, 9.17) is 0 Å². The molecule has 0 aliphatic heterocycles. The van der Waals surface area contributed by atoms with Crippen LogP contribution in [-0.2, 0) is 18.5 Å². The van der Waals surface area contributed by atoms with E-state index < -0.39 is 56.4 Å². The Bertz CT molecular complexity index is 1060. The molecule has 0 fully saturated rings. The summed E-state index contributed by atoms with van der Waals surface area (Å²) in [4.78, 5) is 0. The Balaban J connectivity index is 2.55. The van der Waals surface area contributed by atoms with E-state index in [1.54, 1.807) is 0 Å². The maximum Gasteiger partial charge on any atom is 0.421 e. The lowest BCUT2D eigenvalue weighted by Crippen LogP contribution is -2.11. The Hall–Kier alpha value is -1.44. The monoisotopic (exact) mass is 530 g/mol. The van der Waals surface area contributed by atoms with Crippen LogP contribution in [0.2, 0.25) is 0 Å². The summed E-state index contributed by atoms with van der Waals surface area (Å²) in [6, 6.07) is 1.72. The molecule has 1 nitrogen and oxygen atoms in total. The first-order chi connectivity index (χ1) is 12.1. The molecule has 0 aliphatic carbocycles. The molecule has 0 atom stereocenters. The van der Waals surface area contributed by atoms with Gasteiger partial charge in [0.25, 0.3) is 0 Å². The molecular weight excluding hydrogens is 526 g/mol. The number of aromatic hydroxyl groups is 1. The highest BCUT2D eigenvalue weighted by Crippen LogP contribution is 2.51. The third-order valence-electron chi connectivity index (χ3n) is 3.72. The molecular formula is C15H4F9IOS. The third kappa shape index (κ3) is 3.41. The first-order valence-corrected chi connectivity index (χ1v) is 8.65. The molecule has 1 heterocycles. The SMILES string of the molecule is Oc1c(C(F)(F)F)cc2c(sc3cc(I)c(C(F)(F)F)cc32)c1C(F)(F)F. The fourth-order valence-electron chi connectivity index (χ4n) is 2.62. The Morgan fingerprint density at radius 3 is 1.74 bits per heavy atom. The molecule has 0 saturated carbocycles. The van der Waals surface area contributed by atoms with Crippen molar-refractivity contribution >= 4 is 54.1 Å². The van der Waals surface area contributed by atoms with Gasteiger partial charge in [-0.25, -0.2) is 0 Å². The van der Waals surface area contributed by atoms with Crippen LogP contribution in [0.4, 0.5) is 39.5 Å². The van der Waals surface area contributed by atoms with Gasteiger partial charge in [-0.3, -0.25) is 0 Å². The largest absolute Gasteiger partial charge is 0.507 e. The molecule has 3 aromatic rings. The van der Waals surface area contributed by atoms with Gasteiger partial charge in [-0.1, -0.05) is 0 Å². The highest BCUT2D eigenvalue weighted by Gasteiger charge is 2.44. The molecule has 12 heteroatoms. The van der Waals surface area contributed by atoms with Crippen molar-refractivity contribution in [3.05, 3.63) is 38.5 Å². The van der Waals surface area contributed by atoms with Gasteiger partial charge in [-0.2, -0.15) is 39.5 Å². The third-order valence-corrected chi connectivity index (χ3v) is 5.80. The summed E-state index contributed by atoms with van der Waals surface area (Å²) in [6.45, 7) is 0. The number of thiophene rings is 1. The van der Waals surface area contributed by atoms with E-state index in [0.717, 1.165) is 6.07 Å². The lowest BCUT2D eigenvalue weighted by Gasteiger charge is -2.16. The number of halogens is 10. The summed E-state index contributed by atoms with van der Waals surface area (Å²) in [5.74, 6) is -2.00. The highest BCUT2D eigenvalue weighted by molar-refractivity contribution is 14.1. The molecule has 0 amide bonds. The minimum absolute atomic E-state index is 0.0633. The van der Waals surface area contributed by atoms with Crippen LogP contribution >= 0.6 is 33.9 Å². The van der Waals surface area contributed by atoms with Gasteiger partial charge < -0.3 is 5.11 Å². The predicted molar refractivity (Wildman–Crippen MR) is 88.7 cm³/mol. The average Bonchev–Trinajstić information content (AvgIpc) is 2.78. The van der Waals surface area contributed by atoms with Crippen LogP contribution in [0.15, 0.2) is 18.2 Å². The van der Waals surface area contributed by atoms with Crippen molar-refractivity contribution in [2.24, 2.45) is 0 Å². The number of hydrogen-bond acceptors (Lipinski definition) is 2. The predicted octanol–water partition coefficient (Wildman–Crippen LogP) is 7.42. The van der Waals surface area contributed by atoms with E-state index in [1.807, 2.05) is 0 Å². The average molecular weight is 530 g/mol. The maximum atomic E-state index is 13.3. The molecule has 2 aromatic carbocycles. The fraction of sp³-hybridized carbons (Fsp3) is 0.200. The molecule has 0 spiro atoms. The first kappa shape index (κ1) is 20.3. The minimum atomic E-state index is -5.34. The summed E-state index contributed by atoms with van der Waals surface area (Å²) in [6.07, 6.45) is -15.5. The van der Waals surface area contributed by atoms with Gasteiger partial charge in [0.2, 0.25) is 0 Å². The number of rotatable bonds is 0. The van der Waals surface area contributed by atoms with Crippen LogP contribution in [0.3, 0.4) is 0 Å². The second kappa shape index (κ2) is 6.03. The van der Waals surface area contributed by atoms with E-state index in [2.05, 4.69) is 0 Å². The Labute approximate surface area is 161 Å².